The summed E-state index contributed by atoms with van der Waals surface area (Å²) in [6, 6.07) is 8.94. The van der Waals surface area contributed by atoms with Crippen molar-refractivity contribution >= 4 is 46.7 Å². The zero-order valence-corrected chi connectivity index (χ0v) is 13.9. The molecule has 2 heterocycles. The van der Waals surface area contributed by atoms with Crippen LogP contribution < -0.4 is 10.6 Å². The van der Waals surface area contributed by atoms with Crippen molar-refractivity contribution in [1.29, 1.82) is 0 Å². The van der Waals surface area contributed by atoms with Gasteiger partial charge in [0.2, 0.25) is 11.8 Å². The lowest BCUT2D eigenvalue weighted by Gasteiger charge is -2.23. The average Bonchev–Trinajstić information content (AvgIpc) is 2.48. The lowest BCUT2D eigenvalue weighted by atomic mass is 10.2. The first-order valence-corrected chi connectivity index (χ1v) is 8.26. The van der Waals surface area contributed by atoms with Gasteiger partial charge >= 0.3 is 0 Å². The molecule has 1 aromatic carbocycles. The van der Waals surface area contributed by atoms with E-state index in [0.717, 1.165) is 10.5 Å². The molecule has 0 saturated heterocycles. The van der Waals surface area contributed by atoms with E-state index >= 15 is 0 Å². The Morgan fingerprint density at radius 3 is 3.00 bits per heavy atom. The third-order valence-electron chi connectivity index (χ3n) is 3.31. The molecule has 2 amide bonds. The number of fused-ring (bicyclic) bond motifs is 1. The highest BCUT2D eigenvalue weighted by atomic mass is 35.5. The second-order valence-electron chi connectivity index (χ2n) is 5.21. The number of aromatic nitrogens is 1. The SMILES string of the molecule is Cc1ccnc(NC(=O)CC2Sc3ccc(Cl)cc3NC2=O)c1. The molecule has 7 heteroatoms. The number of hydrogen-bond acceptors (Lipinski definition) is 4. The van der Waals surface area contributed by atoms with Gasteiger partial charge in [-0.15, -0.1) is 11.8 Å². The Kier molecular flexibility index (Phi) is 4.54. The summed E-state index contributed by atoms with van der Waals surface area (Å²) in [5, 5.41) is 5.59. The number of carbonyl (C=O) groups is 2. The summed E-state index contributed by atoms with van der Waals surface area (Å²) in [5.41, 5.74) is 1.69. The summed E-state index contributed by atoms with van der Waals surface area (Å²) in [5.74, 6) is 0.0497. The molecule has 23 heavy (non-hydrogen) atoms. The van der Waals surface area contributed by atoms with Crippen molar-refractivity contribution in [2.75, 3.05) is 10.6 Å². The van der Waals surface area contributed by atoms with Crippen LogP contribution in [-0.4, -0.2) is 22.0 Å². The summed E-state index contributed by atoms with van der Waals surface area (Å²) in [4.78, 5) is 29.3. The zero-order chi connectivity index (χ0) is 16.4. The minimum absolute atomic E-state index is 0.0776. The van der Waals surface area contributed by atoms with E-state index in [2.05, 4.69) is 15.6 Å². The number of carbonyl (C=O) groups excluding carboxylic acids is 2. The van der Waals surface area contributed by atoms with E-state index < -0.39 is 5.25 Å². The Morgan fingerprint density at radius 2 is 2.22 bits per heavy atom. The fourth-order valence-corrected chi connectivity index (χ4v) is 3.49. The number of rotatable bonds is 3. The topological polar surface area (TPSA) is 71.1 Å². The monoisotopic (exact) mass is 347 g/mol. The number of nitrogens with zero attached hydrogens (tertiary/aromatic N) is 1. The van der Waals surface area contributed by atoms with Crippen LogP contribution in [0.1, 0.15) is 12.0 Å². The van der Waals surface area contributed by atoms with Gasteiger partial charge in [-0.1, -0.05) is 11.6 Å². The molecule has 2 N–H and O–H groups in total. The Hall–Kier alpha value is -2.05. The van der Waals surface area contributed by atoms with E-state index in [0.29, 0.717) is 16.5 Å². The van der Waals surface area contributed by atoms with Gasteiger partial charge in [0.05, 0.1) is 10.9 Å². The van der Waals surface area contributed by atoms with Gasteiger partial charge in [-0.3, -0.25) is 9.59 Å². The van der Waals surface area contributed by atoms with E-state index in [-0.39, 0.29) is 18.2 Å². The number of benzene rings is 1. The molecule has 0 radical (unpaired) electrons. The van der Waals surface area contributed by atoms with Crippen LogP contribution in [0, 0.1) is 6.92 Å². The smallest absolute Gasteiger partial charge is 0.238 e. The second-order valence-corrected chi connectivity index (χ2v) is 6.89. The van der Waals surface area contributed by atoms with E-state index in [4.69, 9.17) is 11.6 Å². The maximum atomic E-state index is 12.1. The van der Waals surface area contributed by atoms with Crippen LogP contribution in [0.15, 0.2) is 41.4 Å². The van der Waals surface area contributed by atoms with Gasteiger partial charge in [0.25, 0.3) is 0 Å². The van der Waals surface area contributed by atoms with Crippen LogP contribution in [0.2, 0.25) is 5.02 Å². The third kappa shape index (κ3) is 3.83. The molecular formula is C16H14ClN3O2S. The number of anilines is 2. The number of pyridine rings is 1. The van der Waals surface area contributed by atoms with Gasteiger partial charge in [0.15, 0.2) is 0 Å². The van der Waals surface area contributed by atoms with E-state index in [9.17, 15) is 9.59 Å². The first-order valence-electron chi connectivity index (χ1n) is 7.01. The fraction of sp³-hybridized carbons (Fsp3) is 0.188. The molecule has 2 aromatic rings. The number of halogens is 1. The van der Waals surface area contributed by atoms with Gasteiger partial charge in [-0.25, -0.2) is 4.98 Å². The van der Waals surface area contributed by atoms with Crippen LogP contribution in [0.4, 0.5) is 11.5 Å². The largest absolute Gasteiger partial charge is 0.324 e. The van der Waals surface area contributed by atoms with Crippen molar-refractivity contribution in [3.63, 3.8) is 0 Å². The van der Waals surface area contributed by atoms with Gasteiger partial charge in [0, 0.05) is 22.5 Å². The van der Waals surface area contributed by atoms with Crippen molar-refractivity contribution in [2.45, 2.75) is 23.5 Å². The Bertz CT molecular complexity index is 782. The minimum atomic E-state index is -0.478. The van der Waals surface area contributed by atoms with Crippen molar-refractivity contribution in [2.24, 2.45) is 0 Å². The Balaban J connectivity index is 1.67. The molecule has 0 saturated carbocycles. The molecule has 0 aliphatic carbocycles. The van der Waals surface area contributed by atoms with Crippen LogP contribution in [-0.2, 0) is 9.59 Å². The normalized spacial score (nSPS) is 16.4. The standard InChI is InChI=1S/C16H14ClN3O2S/c1-9-4-5-18-14(6-9)20-15(21)8-13-16(22)19-11-7-10(17)2-3-12(11)23-13/h2-7,13H,8H2,1H3,(H,19,22)(H,18,20,21). The summed E-state index contributed by atoms with van der Waals surface area (Å²) in [6.45, 7) is 1.92. The van der Waals surface area contributed by atoms with Crippen molar-refractivity contribution < 1.29 is 9.59 Å². The van der Waals surface area contributed by atoms with Crippen LogP contribution >= 0.6 is 23.4 Å². The molecule has 0 spiro atoms. The molecule has 1 aliphatic heterocycles. The van der Waals surface area contributed by atoms with E-state index in [1.807, 2.05) is 19.1 Å². The summed E-state index contributed by atoms with van der Waals surface area (Å²) in [6.07, 6.45) is 1.71. The highest BCUT2D eigenvalue weighted by Gasteiger charge is 2.29. The lowest BCUT2D eigenvalue weighted by molar-refractivity contribution is -0.120. The number of amides is 2. The number of hydrogen-bond donors (Lipinski definition) is 2. The number of aryl methyl sites for hydroxylation is 1. The highest BCUT2D eigenvalue weighted by molar-refractivity contribution is 8.01. The molecule has 1 atom stereocenters. The Morgan fingerprint density at radius 1 is 1.39 bits per heavy atom. The summed E-state index contributed by atoms with van der Waals surface area (Å²) < 4.78 is 0. The molecule has 1 unspecified atom stereocenters. The molecule has 0 fully saturated rings. The van der Waals surface area contributed by atoms with Crippen LogP contribution in [0.3, 0.4) is 0 Å². The lowest BCUT2D eigenvalue weighted by Crippen LogP contribution is -2.32. The third-order valence-corrected chi connectivity index (χ3v) is 4.83. The van der Waals surface area contributed by atoms with Crippen molar-refractivity contribution in [1.82, 2.24) is 4.98 Å². The molecule has 3 rings (SSSR count). The molecule has 1 aliphatic rings. The van der Waals surface area contributed by atoms with Gasteiger partial charge < -0.3 is 10.6 Å². The van der Waals surface area contributed by atoms with Gasteiger partial charge in [-0.05, 0) is 42.8 Å². The maximum absolute atomic E-state index is 12.1. The molecule has 1 aromatic heterocycles. The quantitative estimate of drug-likeness (QED) is 0.891. The maximum Gasteiger partial charge on any atom is 0.238 e. The van der Waals surface area contributed by atoms with E-state index in [1.165, 1.54) is 11.8 Å². The second kappa shape index (κ2) is 6.60. The van der Waals surface area contributed by atoms with E-state index in [1.54, 1.807) is 24.4 Å². The molecular weight excluding hydrogens is 334 g/mol. The highest BCUT2D eigenvalue weighted by Crippen LogP contribution is 2.38. The van der Waals surface area contributed by atoms with Crippen LogP contribution in [0.25, 0.3) is 0 Å². The number of thioether (sulfide) groups is 1. The van der Waals surface area contributed by atoms with Gasteiger partial charge in [0.1, 0.15) is 5.82 Å². The molecule has 118 valence electrons. The Labute approximate surface area is 142 Å². The van der Waals surface area contributed by atoms with Crippen LogP contribution in [0.5, 0.6) is 0 Å². The molecule has 0 bridgehead atoms. The molecule has 5 nitrogen and oxygen atoms in total. The predicted octanol–water partition coefficient (Wildman–Crippen LogP) is 3.49. The summed E-state index contributed by atoms with van der Waals surface area (Å²) >= 11 is 7.28. The number of nitrogens with one attached hydrogen (secondary N) is 2. The van der Waals surface area contributed by atoms with Gasteiger partial charge in [-0.2, -0.15) is 0 Å². The van der Waals surface area contributed by atoms with Crippen molar-refractivity contribution in [3.8, 4) is 0 Å². The first-order chi connectivity index (χ1) is 11.0. The minimum Gasteiger partial charge on any atom is -0.324 e. The average molecular weight is 348 g/mol. The predicted molar refractivity (Wildman–Crippen MR) is 91.9 cm³/mol. The summed E-state index contributed by atoms with van der Waals surface area (Å²) in [7, 11) is 0. The van der Waals surface area contributed by atoms with Crippen molar-refractivity contribution in [3.05, 3.63) is 47.1 Å². The zero-order valence-electron chi connectivity index (χ0n) is 12.3. The fourth-order valence-electron chi connectivity index (χ4n) is 2.22. The first kappa shape index (κ1) is 15.8.